The lowest BCUT2D eigenvalue weighted by Crippen LogP contribution is -2.12. The molecule has 78 valence electrons. The Bertz CT molecular complexity index is 374. The quantitative estimate of drug-likeness (QED) is 0.689. The molecule has 0 radical (unpaired) electrons. The summed E-state index contributed by atoms with van der Waals surface area (Å²) in [6, 6.07) is 0.0114. The average molecular weight is 249 g/mol. The Hall–Kier alpha value is 0.0600. The van der Waals surface area contributed by atoms with Crippen LogP contribution in [-0.2, 0) is 9.84 Å². The van der Waals surface area contributed by atoms with E-state index in [1.54, 1.807) is 23.5 Å². The van der Waals surface area contributed by atoms with Gasteiger partial charge in [-0.15, -0.1) is 6.58 Å². The average Bonchev–Trinajstić information content (AvgIpc) is 2.53. The maximum absolute atomic E-state index is 11.3. The Kier molecular flexibility index (Phi) is 2.95. The number of rotatable bonds is 2. The summed E-state index contributed by atoms with van der Waals surface area (Å²) < 4.78 is 23.5. The fraction of sp³-hybridized carbons (Fsp3) is 0.625. The zero-order valence-electron chi connectivity index (χ0n) is 7.55. The zero-order valence-corrected chi connectivity index (χ0v) is 10.00. The summed E-state index contributed by atoms with van der Waals surface area (Å²) in [5, 5.41) is 0.173. The molecule has 0 aromatic heterocycles. The minimum atomic E-state index is -2.81. The lowest BCUT2D eigenvalue weighted by molar-refractivity contribution is 0.601. The Labute approximate surface area is 92.4 Å². The molecule has 0 N–H and O–H groups in total. The Morgan fingerprint density at radius 1 is 1.64 bits per heavy atom. The van der Waals surface area contributed by atoms with Crippen molar-refractivity contribution in [2.75, 3.05) is 17.3 Å². The van der Waals surface area contributed by atoms with Crippen LogP contribution in [0.2, 0.25) is 0 Å². The second-order valence-electron chi connectivity index (χ2n) is 3.30. The first-order valence-corrected chi connectivity index (χ1v) is 7.98. The minimum Gasteiger partial charge on any atom is -0.266 e. The van der Waals surface area contributed by atoms with Gasteiger partial charge < -0.3 is 0 Å². The van der Waals surface area contributed by atoms with Gasteiger partial charge >= 0.3 is 0 Å². The molecule has 0 aromatic carbocycles. The molecule has 0 saturated carbocycles. The second kappa shape index (κ2) is 3.90. The van der Waals surface area contributed by atoms with E-state index in [9.17, 15) is 8.42 Å². The minimum absolute atomic E-state index is 0.0114. The molecular weight excluding hydrogens is 238 g/mol. The maximum Gasteiger partial charge on any atom is 0.153 e. The van der Waals surface area contributed by atoms with Gasteiger partial charge in [0, 0.05) is 11.0 Å². The van der Waals surface area contributed by atoms with Crippen molar-refractivity contribution < 1.29 is 8.42 Å². The zero-order chi connectivity index (χ0) is 10.2. The first-order valence-electron chi connectivity index (χ1n) is 4.29. The molecule has 3 nitrogen and oxygen atoms in total. The van der Waals surface area contributed by atoms with E-state index in [1.165, 1.54) is 0 Å². The monoisotopic (exact) mass is 249 g/mol. The summed E-state index contributed by atoms with van der Waals surface area (Å²) in [5.41, 5.74) is 0. The highest BCUT2D eigenvalue weighted by molar-refractivity contribution is 8.39. The van der Waals surface area contributed by atoms with Crippen LogP contribution in [0.1, 0.15) is 0 Å². The van der Waals surface area contributed by atoms with Gasteiger partial charge in [0.05, 0.1) is 17.5 Å². The first-order chi connectivity index (χ1) is 6.61. The summed E-state index contributed by atoms with van der Waals surface area (Å²) >= 11 is 3.25. The highest BCUT2D eigenvalue weighted by atomic mass is 32.2. The van der Waals surface area contributed by atoms with Crippen molar-refractivity contribution in [2.24, 2.45) is 4.99 Å². The first kappa shape index (κ1) is 10.6. The molecule has 2 aliphatic rings. The van der Waals surface area contributed by atoms with Crippen molar-refractivity contribution in [3.8, 4) is 0 Å². The van der Waals surface area contributed by atoms with E-state index < -0.39 is 9.84 Å². The summed E-state index contributed by atoms with van der Waals surface area (Å²) in [7, 11) is -2.81. The molecule has 0 bridgehead atoms. The maximum atomic E-state index is 11.3. The van der Waals surface area contributed by atoms with E-state index in [4.69, 9.17) is 0 Å². The normalized spacial score (nSPS) is 33.9. The second-order valence-corrected chi connectivity index (χ2v) is 7.94. The Morgan fingerprint density at radius 3 is 3.07 bits per heavy atom. The van der Waals surface area contributed by atoms with Gasteiger partial charge in [-0.2, -0.15) is 0 Å². The summed E-state index contributed by atoms with van der Waals surface area (Å²) in [4.78, 5) is 4.40. The molecule has 0 unspecified atom stereocenters. The smallest absolute Gasteiger partial charge is 0.153 e. The van der Waals surface area contributed by atoms with Crippen LogP contribution >= 0.6 is 23.5 Å². The Balaban J connectivity index is 2.01. The number of aliphatic imine (C=N–C) groups is 1. The van der Waals surface area contributed by atoms with E-state index in [-0.39, 0.29) is 17.0 Å². The van der Waals surface area contributed by atoms with Crippen molar-refractivity contribution in [3.63, 3.8) is 0 Å². The van der Waals surface area contributed by atoms with Gasteiger partial charge in [-0.1, -0.05) is 29.6 Å². The van der Waals surface area contributed by atoms with Gasteiger partial charge in [-0.25, -0.2) is 8.42 Å². The number of hydrogen-bond acceptors (Lipinski definition) is 5. The lowest BCUT2D eigenvalue weighted by Gasteiger charge is -2.00. The van der Waals surface area contributed by atoms with Crippen molar-refractivity contribution in [2.45, 2.75) is 11.3 Å². The molecule has 0 aliphatic carbocycles. The summed E-state index contributed by atoms with van der Waals surface area (Å²) in [5.74, 6) is 1.38. The third kappa shape index (κ3) is 2.17. The fourth-order valence-corrected chi connectivity index (χ4v) is 6.32. The van der Waals surface area contributed by atoms with Crippen molar-refractivity contribution >= 4 is 37.7 Å². The predicted molar refractivity (Wildman–Crippen MR) is 63.9 cm³/mol. The predicted octanol–water partition coefficient (Wildman–Crippen LogP) is 1.17. The van der Waals surface area contributed by atoms with Crippen LogP contribution in [0.25, 0.3) is 0 Å². The Morgan fingerprint density at radius 2 is 2.43 bits per heavy atom. The largest absolute Gasteiger partial charge is 0.266 e. The summed E-state index contributed by atoms with van der Waals surface area (Å²) in [6.45, 7) is 3.64. The molecule has 0 aromatic rings. The van der Waals surface area contributed by atoms with Crippen LogP contribution in [0.15, 0.2) is 17.6 Å². The van der Waals surface area contributed by atoms with Crippen LogP contribution in [0.5, 0.6) is 0 Å². The highest BCUT2D eigenvalue weighted by Gasteiger charge is 2.42. The van der Waals surface area contributed by atoms with Crippen LogP contribution in [-0.4, -0.2) is 41.3 Å². The molecule has 2 heterocycles. The standard InChI is InChI=1S/C8H11NO2S3/c1-2-3-12-8-9-6-4-14(10,11)5-7(6)13-8/h2,6-7H,1,3-5H2/t6-,7+/m1/s1. The third-order valence-corrected chi connectivity index (χ3v) is 6.54. The number of sulfone groups is 1. The molecular formula is C8H11NO2S3. The molecule has 2 atom stereocenters. The van der Waals surface area contributed by atoms with Gasteiger partial charge in [-0.3, -0.25) is 4.99 Å². The molecule has 0 amide bonds. The van der Waals surface area contributed by atoms with E-state index in [2.05, 4.69) is 11.6 Å². The molecule has 6 heteroatoms. The van der Waals surface area contributed by atoms with Gasteiger partial charge in [0.15, 0.2) is 9.84 Å². The van der Waals surface area contributed by atoms with Gasteiger partial charge in [0.25, 0.3) is 0 Å². The van der Waals surface area contributed by atoms with Crippen molar-refractivity contribution in [1.82, 2.24) is 0 Å². The van der Waals surface area contributed by atoms with Crippen molar-refractivity contribution in [3.05, 3.63) is 12.7 Å². The number of nitrogens with zero attached hydrogens (tertiary/aromatic N) is 1. The van der Waals surface area contributed by atoms with Gasteiger partial charge in [0.1, 0.15) is 4.38 Å². The topological polar surface area (TPSA) is 46.5 Å². The van der Waals surface area contributed by atoms with Crippen molar-refractivity contribution in [1.29, 1.82) is 0 Å². The van der Waals surface area contributed by atoms with E-state index >= 15 is 0 Å². The van der Waals surface area contributed by atoms with Crippen LogP contribution in [0.4, 0.5) is 0 Å². The van der Waals surface area contributed by atoms with E-state index in [0.29, 0.717) is 5.75 Å². The van der Waals surface area contributed by atoms with E-state index in [0.717, 1.165) is 10.1 Å². The SMILES string of the molecule is C=CCSC1=N[C@@H]2CS(=O)(=O)C[C@@H]2S1. The lowest BCUT2D eigenvalue weighted by atomic mass is 10.3. The number of hydrogen-bond donors (Lipinski definition) is 0. The van der Waals surface area contributed by atoms with E-state index in [1.807, 2.05) is 6.08 Å². The molecule has 1 saturated heterocycles. The molecule has 1 fully saturated rings. The number of thioether (sulfide) groups is 2. The van der Waals surface area contributed by atoms with Crippen LogP contribution < -0.4 is 0 Å². The highest BCUT2D eigenvalue weighted by Crippen LogP contribution is 2.37. The van der Waals surface area contributed by atoms with Gasteiger partial charge in [-0.05, 0) is 0 Å². The fourth-order valence-electron chi connectivity index (χ4n) is 1.53. The summed E-state index contributed by atoms with van der Waals surface area (Å²) in [6.07, 6.45) is 1.83. The van der Waals surface area contributed by atoms with Crippen LogP contribution in [0.3, 0.4) is 0 Å². The third-order valence-electron chi connectivity index (χ3n) is 2.12. The molecule has 0 spiro atoms. The van der Waals surface area contributed by atoms with Gasteiger partial charge in [0.2, 0.25) is 0 Å². The van der Waals surface area contributed by atoms with Crippen LogP contribution in [0, 0.1) is 0 Å². The molecule has 14 heavy (non-hydrogen) atoms. The molecule has 2 aliphatic heterocycles. The molecule has 2 rings (SSSR count). The number of fused-ring (bicyclic) bond motifs is 1.